The summed E-state index contributed by atoms with van der Waals surface area (Å²) >= 11 is 1.54. The van der Waals surface area contributed by atoms with Gasteiger partial charge in [-0.2, -0.15) is 0 Å². The van der Waals surface area contributed by atoms with Crippen LogP contribution < -0.4 is 10.2 Å². The molecule has 0 unspecified atom stereocenters. The van der Waals surface area contributed by atoms with Crippen LogP contribution in [-0.4, -0.2) is 48.0 Å². The molecule has 0 aromatic heterocycles. The van der Waals surface area contributed by atoms with Gasteiger partial charge in [-0.15, -0.1) is 11.8 Å². The second-order valence-corrected chi connectivity index (χ2v) is 8.93. The van der Waals surface area contributed by atoms with Gasteiger partial charge in [0, 0.05) is 43.4 Å². The fraction of sp³-hybridized carbons (Fsp3) is 0.375. The number of para-hydroxylation sites is 1. The summed E-state index contributed by atoms with van der Waals surface area (Å²) in [5.74, 6) is 0.510. The van der Waals surface area contributed by atoms with E-state index in [-0.39, 0.29) is 23.6 Å². The number of piperidine rings is 1. The molecule has 4 rings (SSSR count). The van der Waals surface area contributed by atoms with Gasteiger partial charge in [-0.05, 0) is 30.5 Å². The number of amides is 3. The molecule has 162 valence electrons. The minimum atomic E-state index is -0.0552. The number of carbonyl (C=O) groups is 3. The second kappa shape index (κ2) is 10.0. The Morgan fingerprint density at radius 3 is 2.48 bits per heavy atom. The average Bonchev–Trinajstić information content (AvgIpc) is 2.82. The van der Waals surface area contributed by atoms with Crippen LogP contribution in [0.25, 0.3) is 0 Å². The summed E-state index contributed by atoms with van der Waals surface area (Å²) in [4.78, 5) is 42.2. The van der Waals surface area contributed by atoms with E-state index in [9.17, 15) is 14.4 Å². The molecule has 2 heterocycles. The number of hydrogen-bond donors (Lipinski definition) is 1. The fourth-order valence-electron chi connectivity index (χ4n) is 4.09. The van der Waals surface area contributed by atoms with Gasteiger partial charge < -0.3 is 15.1 Å². The summed E-state index contributed by atoms with van der Waals surface area (Å²) < 4.78 is 0. The lowest BCUT2D eigenvalue weighted by Crippen LogP contribution is -2.44. The largest absolute Gasteiger partial charge is 0.352 e. The van der Waals surface area contributed by atoms with Crippen molar-refractivity contribution in [2.75, 3.05) is 30.3 Å². The van der Waals surface area contributed by atoms with E-state index in [1.165, 1.54) is 0 Å². The smallest absolute Gasteiger partial charge is 0.237 e. The van der Waals surface area contributed by atoms with Crippen molar-refractivity contribution in [1.29, 1.82) is 0 Å². The van der Waals surface area contributed by atoms with E-state index < -0.39 is 0 Å². The van der Waals surface area contributed by atoms with Gasteiger partial charge in [0.2, 0.25) is 17.7 Å². The lowest BCUT2D eigenvalue weighted by molar-refractivity contribution is -0.135. The number of fused-ring (bicyclic) bond motifs is 1. The average molecular weight is 438 g/mol. The molecule has 2 aliphatic rings. The van der Waals surface area contributed by atoms with Crippen molar-refractivity contribution < 1.29 is 14.4 Å². The van der Waals surface area contributed by atoms with Crippen LogP contribution in [-0.2, 0) is 20.9 Å². The van der Waals surface area contributed by atoms with Crippen LogP contribution in [0.15, 0.2) is 59.5 Å². The minimum absolute atomic E-state index is 0.0466. The summed E-state index contributed by atoms with van der Waals surface area (Å²) in [5.41, 5.74) is 1.97. The molecule has 7 heteroatoms. The molecule has 0 spiro atoms. The minimum Gasteiger partial charge on any atom is -0.352 e. The number of benzene rings is 2. The Bertz CT molecular complexity index is 942. The maximum absolute atomic E-state index is 12.7. The van der Waals surface area contributed by atoms with E-state index in [0.29, 0.717) is 51.2 Å². The number of thioether (sulfide) groups is 1. The third kappa shape index (κ3) is 5.28. The Kier molecular flexibility index (Phi) is 6.92. The van der Waals surface area contributed by atoms with Gasteiger partial charge in [0.25, 0.3) is 0 Å². The first kappa shape index (κ1) is 21.4. The van der Waals surface area contributed by atoms with Gasteiger partial charge in [0.1, 0.15) is 0 Å². The van der Waals surface area contributed by atoms with Crippen LogP contribution in [0.3, 0.4) is 0 Å². The highest BCUT2D eigenvalue weighted by atomic mass is 32.2. The Labute approximate surface area is 187 Å². The first-order chi connectivity index (χ1) is 15.1. The third-order valence-corrected chi connectivity index (χ3v) is 6.93. The van der Waals surface area contributed by atoms with Crippen LogP contribution in [0.4, 0.5) is 5.69 Å². The zero-order valence-electron chi connectivity index (χ0n) is 17.5. The van der Waals surface area contributed by atoms with Gasteiger partial charge in [-0.1, -0.05) is 42.5 Å². The van der Waals surface area contributed by atoms with E-state index in [1.54, 1.807) is 16.7 Å². The Balaban J connectivity index is 1.23. The number of nitrogens with one attached hydrogen (secondary N) is 1. The van der Waals surface area contributed by atoms with E-state index in [1.807, 2.05) is 59.5 Å². The Morgan fingerprint density at radius 1 is 1.00 bits per heavy atom. The highest BCUT2D eigenvalue weighted by molar-refractivity contribution is 8.00. The molecule has 2 aromatic carbocycles. The maximum Gasteiger partial charge on any atom is 0.237 e. The van der Waals surface area contributed by atoms with Gasteiger partial charge >= 0.3 is 0 Å². The van der Waals surface area contributed by atoms with Gasteiger partial charge in [-0.3, -0.25) is 14.4 Å². The van der Waals surface area contributed by atoms with E-state index in [0.717, 1.165) is 16.1 Å². The quantitative estimate of drug-likeness (QED) is 0.754. The number of nitrogens with zero attached hydrogens (tertiary/aromatic N) is 2. The summed E-state index contributed by atoms with van der Waals surface area (Å²) in [6.45, 7) is 2.10. The summed E-state index contributed by atoms with van der Waals surface area (Å²) in [7, 11) is 0. The number of carbonyl (C=O) groups excluding carboxylic acids is 3. The lowest BCUT2D eigenvalue weighted by Gasteiger charge is -2.33. The van der Waals surface area contributed by atoms with Gasteiger partial charge in [0.15, 0.2) is 0 Å². The van der Waals surface area contributed by atoms with Crippen molar-refractivity contribution in [3.63, 3.8) is 0 Å². The molecule has 0 saturated carbocycles. The van der Waals surface area contributed by atoms with E-state index in [4.69, 9.17) is 0 Å². The van der Waals surface area contributed by atoms with Crippen LogP contribution in [0, 0.1) is 5.92 Å². The zero-order chi connectivity index (χ0) is 21.6. The fourth-order valence-corrected chi connectivity index (χ4v) is 5.02. The molecule has 0 radical (unpaired) electrons. The molecule has 6 nitrogen and oxygen atoms in total. The van der Waals surface area contributed by atoms with Crippen molar-refractivity contribution in [3.8, 4) is 0 Å². The van der Waals surface area contributed by atoms with Crippen LogP contribution in [0.2, 0.25) is 0 Å². The Hall–Kier alpha value is -2.80. The Morgan fingerprint density at radius 2 is 1.71 bits per heavy atom. The summed E-state index contributed by atoms with van der Waals surface area (Å²) in [6, 6.07) is 17.7. The summed E-state index contributed by atoms with van der Waals surface area (Å²) in [5, 5.41) is 3.01. The van der Waals surface area contributed by atoms with Crippen LogP contribution in [0.5, 0.6) is 0 Å². The van der Waals surface area contributed by atoms with Crippen molar-refractivity contribution in [2.24, 2.45) is 5.92 Å². The number of hydrogen-bond acceptors (Lipinski definition) is 4. The predicted molar refractivity (Wildman–Crippen MR) is 122 cm³/mol. The van der Waals surface area contributed by atoms with Crippen molar-refractivity contribution in [3.05, 3.63) is 60.2 Å². The van der Waals surface area contributed by atoms with Crippen molar-refractivity contribution >= 4 is 35.2 Å². The highest BCUT2D eigenvalue weighted by Gasteiger charge is 2.29. The molecule has 2 aliphatic heterocycles. The number of anilines is 1. The first-order valence-corrected chi connectivity index (χ1v) is 11.7. The van der Waals surface area contributed by atoms with Crippen molar-refractivity contribution in [2.45, 2.75) is 30.7 Å². The van der Waals surface area contributed by atoms with Gasteiger partial charge in [-0.25, -0.2) is 0 Å². The zero-order valence-corrected chi connectivity index (χ0v) is 18.3. The third-order valence-electron chi connectivity index (χ3n) is 5.89. The topological polar surface area (TPSA) is 69.7 Å². The lowest BCUT2D eigenvalue weighted by atomic mass is 9.95. The highest BCUT2D eigenvalue weighted by Crippen LogP contribution is 2.35. The van der Waals surface area contributed by atoms with Crippen molar-refractivity contribution in [1.82, 2.24) is 10.2 Å². The van der Waals surface area contributed by atoms with E-state index in [2.05, 4.69) is 5.32 Å². The standard InChI is InChI=1S/C24H27N3O3S/c28-22(12-15-27-20-8-4-5-9-21(20)31-17-23(27)29)26-13-10-19(11-14-26)24(30)25-16-18-6-2-1-3-7-18/h1-9,19H,10-17H2,(H,25,30). The maximum atomic E-state index is 12.7. The molecular formula is C24H27N3O3S. The summed E-state index contributed by atoms with van der Waals surface area (Å²) in [6.07, 6.45) is 1.65. The monoisotopic (exact) mass is 437 g/mol. The molecule has 0 atom stereocenters. The SMILES string of the molecule is O=C(NCc1ccccc1)C1CCN(C(=O)CCN2C(=O)CSc3ccccc32)CC1. The van der Waals surface area contributed by atoms with Crippen LogP contribution in [0.1, 0.15) is 24.8 Å². The molecule has 0 bridgehead atoms. The number of rotatable bonds is 6. The van der Waals surface area contributed by atoms with Gasteiger partial charge in [0.05, 0.1) is 11.4 Å². The molecular weight excluding hydrogens is 410 g/mol. The molecule has 1 N–H and O–H groups in total. The second-order valence-electron chi connectivity index (χ2n) is 7.91. The molecule has 31 heavy (non-hydrogen) atoms. The van der Waals surface area contributed by atoms with E-state index >= 15 is 0 Å². The molecule has 0 aliphatic carbocycles. The first-order valence-electron chi connectivity index (χ1n) is 10.7. The molecule has 1 fully saturated rings. The molecule has 1 saturated heterocycles. The molecule has 3 amide bonds. The normalized spacial score (nSPS) is 16.7. The van der Waals surface area contributed by atoms with Crippen LogP contribution >= 0.6 is 11.8 Å². The predicted octanol–water partition coefficient (Wildman–Crippen LogP) is 3.07. The molecule has 2 aromatic rings. The number of likely N-dealkylation sites (tertiary alicyclic amines) is 1.